The number of carbonyl (C=O) groups excluding carboxylic acids is 1. The number of amides is 2. The smallest absolute Gasteiger partial charge is 0.321 e. The Balaban J connectivity index is 1.49. The molecule has 0 radical (unpaired) electrons. The van der Waals surface area contributed by atoms with Gasteiger partial charge in [0, 0.05) is 45.0 Å². The van der Waals surface area contributed by atoms with E-state index in [9.17, 15) is 17.6 Å². The van der Waals surface area contributed by atoms with Crippen LogP contribution < -0.4 is 15.1 Å². The molecule has 0 unspecified atom stereocenters. The standard InChI is InChI=1S/C21H25FN4O3S/c1-2-23-21(27)26-10-9-16-15-17(7-8-19(16)26)30(28,29)25-13-11-24(12-14-25)20-6-4-3-5-18(20)22/h3-8,15H,2,9-14H2,1H3,(H,23,27). The molecule has 0 saturated carbocycles. The van der Waals surface area contributed by atoms with Crippen molar-refractivity contribution in [2.75, 3.05) is 49.1 Å². The fourth-order valence-electron chi connectivity index (χ4n) is 4.02. The number of hydrogen-bond donors (Lipinski definition) is 1. The molecule has 1 N–H and O–H groups in total. The number of nitrogens with one attached hydrogen (secondary N) is 1. The maximum atomic E-state index is 14.0. The lowest BCUT2D eigenvalue weighted by atomic mass is 10.2. The molecule has 30 heavy (non-hydrogen) atoms. The van der Waals surface area contributed by atoms with Crippen LogP contribution in [-0.4, -0.2) is 58.0 Å². The summed E-state index contributed by atoms with van der Waals surface area (Å²) in [4.78, 5) is 15.9. The molecule has 2 heterocycles. The van der Waals surface area contributed by atoms with Crippen molar-refractivity contribution in [2.45, 2.75) is 18.2 Å². The molecular weight excluding hydrogens is 407 g/mol. The van der Waals surface area contributed by atoms with E-state index in [1.165, 1.54) is 10.4 Å². The van der Waals surface area contributed by atoms with Crippen molar-refractivity contribution in [3.8, 4) is 0 Å². The number of piperazine rings is 1. The number of urea groups is 1. The van der Waals surface area contributed by atoms with Crippen molar-refractivity contribution >= 4 is 27.4 Å². The Hall–Kier alpha value is -2.65. The third-order valence-electron chi connectivity index (χ3n) is 5.59. The van der Waals surface area contributed by atoms with Crippen molar-refractivity contribution in [3.63, 3.8) is 0 Å². The van der Waals surface area contributed by atoms with Crippen LogP contribution in [0.2, 0.25) is 0 Å². The van der Waals surface area contributed by atoms with Crippen molar-refractivity contribution in [1.29, 1.82) is 0 Å². The minimum absolute atomic E-state index is 0.170. The highest BCUT2D eigenvalue weighted by molar-refractivity contribution is 7.89. The zero-order valence-electron chi connectivity index (χ0n) is 16.8. The second-order valence-electron chi connectivity index (χ2n) is 7.37. The van der Waals surface area contributed by atoms with Gasteiger partial charge in [0.2, 0.25) is 10.0 Å². The summed E-state index contributed by atoms with van der Waals surface area (Å²) in [6.45, 7) is 4.36. The maximum Gasteiger partial charge on any atom is 0.321 e. The summed E-state index contributed by atoms with van der Waals surface area (Å²) in [5.74, 6) is -0.302. The molecule has 2 aliphatic rings. The molecule has 0 aromatic heterocycles. The Morgan fingerprint density at radius 2 is 1.77 bits per heavy atom. The number of hydrogen-bond acceptors (Lipinski definition) is 4. The lowest BCUT2D eigenvalue weighted by Gasteiger charge is -2.35. The lowest BCUT2D eigenvalue weighted by molar-refractivity contribution is 0.247. The van der Waals surface area contributed by atoms with Gasteiger partial charge in [0.05, 0.1) is 10.6 Å². The summed E-state index contributed by atoms with van der Waals surface area (Å²) in [7, 11) is -3.65. The number of benzene rings is 2. The fourth-order valence-corrected chi connectivity index (χ4v) is 5.50. The van der Waals surface area contributed by atoms with Gasteiger partial charge >= 0.3 is 6.03 Å². The molecule has 2 aromatic carbocycles. The van der Waals surface area contributed by atoms with Crippen LogP contribution in [0.1, 0.15) is 12.5 Å². The molecular formula is C21H25FN4O3S. The second kappa shape index (κ2) is 8.23. The average Bonchev–Trinajstić information content (AvgIpc) is 3.18. The van der Waals surface area contributed by atoms with E-state index in [4.69, 9.17) is 0 Å². The Labute approximate surface area is 176 Å². The van der Waals surface area contributed by atoms with Crippen LogP contribution in [0, 0.1) is 5.82 Å². The monoisotopic (exact) mass is 432 g/mol. The largest absolute Gasteiger partial charge is 0.367 e. The van der Waals surface area contributed by atoms with Crippen LogP contribution >= 0.6 is 0 Å². The van der Waals surface area contributed by atoms with Crippen LogP contribution in [0.15, 0.2) is 47.4 Å². The van der Waals surface area contributed by atoms with Crippen molar-refractivity contribution in [1.82, 2.24) is 9.62 Å². The second-order valence-corrected chi connectivity index (χ2v) is 9.31. The number of nitrogens with zero attached hydrogens (tertiary/aromatic N) is 3. The van der Waals surface area contributed by atoms with E-state index < -0.39 is 10.0 Å². The first kappa shape index (κ1) is 20.6. The van der Waals surface area contributed by atoms with E-state index in [1.807, 2.05) is 11.8 Å². The molecule has 0 aliphatic carbocycles. The summed E-state index contributed by atoms with van der Waals surface area (Å²) in [6, 6.07) is 11.3. The van der Waals surface area contributed by atoms with Gasteiger partial charge in [-0.2, -0.15) is 4.31 Å². The highest BCUT2D eigenvalue weighted by Gasteiger charge is 2.31. The molecule has 2 aliphatic heterocycles. The fraction of sp³-hybridized carbons (Fsp3) is 0.381. The number of halogens is 1. The number of rotatable bonds is 4. The Bertz CT molecular complexity index is 1050. The normalized spacial score (nSPS) is 17.1. The van der Waals surface area contributed by atoms with Gasteiger partial charge in [-0.3, -0.25) is 4.90 Å². The third kappa shape index (κ3) is 3.75. The Morgan fingerprint density at radius 1 is 1.03 bits per heavy atom. The van der Waals surface area contributed by atoms with Crippen LogP contribution in [0.4, 0.5) is 20.6 Å². The van der Waals surface area contributed by atoms with Gasteiger partial charge in [-0.25, -0.2) is 17.6 Å². The number of anilines is 2. The number of fused-ring (bicyclic) bond motifs is 1. The Kier molecular flexibility index (Phi) is 5.66. The summed E-state index contributed by atoms with van der Waals surface area (Å²) >= 11 is 0. The van der Waals surface area contributed by atoms with Gasteiger partial charge in [-0.05, 0) is 49.2 Å². The van der Waals surface area contributed by atoms with Crippen LogP contribution in [0.3, 0.4) is 0 Å². The van der Waals surface area contributed by atoms with Gasteiger partial charge in [0.25, 0.3) is 0 Å². The molecule has 0 atom stereocenters. The molecule has 4 rings (SSSR count). The van der Waals surface area contributed by atoms with E-state index in [0.29, 0.717) is 51.4 Å². The Morgan fingerprint density at radius 3 is 2.47 bits per heavy atom. The highest BCUT2D eigenvalue weighted by Crippen LogP contribution is 2.31. The molecule has 7 nitrogen and oxygen atoms in total. The molecule has 1 saturated heterocycles. The van der Waals surface area contributed by atoms with Gasteiger partial charge in [0.1, 0.15) is 5.82 Å². The van der Waals surface area contributed by atoms with Gasteiger partial charge in [-0.15, -0.1) is 0 Å². The van der Waals surface area contributed by atoms with Crippen LogP contribution in [0.25, 0.3) is 0 Å². The molecule has 160 valence electrons. The first-order valence-electron chi connectivity index (χ1n) is 10.1. The summed E-state index contributed by atoms with van der Waals surface area (Å²) in [6.07, 6.45) is 0.622. The van der Waals surface area contributed by atoms with Crippen molar-refractivity contribution < 1.29 is 17.6 Å². The quantitative estimate of drug-likeness (QED) is 0.806. The first-order valence-corrected chi connectivity index (χ1v) is 11.5. The molecule has 2 amide bonds. The van der Waals surface area contributed by atoms with Crippen LogP contribution in [-0.2, 0) is 16.4 Å². The van der Waals surface area contributed by atoms with Crippen molar-refractivity contribution in [2.24, 2.45) is 0 Å². The van der Waals surface area contributed by atoms with E-state index in [1.54, 1.807) is 41.3 Å². The van der Waals surface area contributed by atoms with Gasteiger partial charge in [-0.1, -0.05) is 12.1 Å². The number of carbonyl (C=O) groups is 1. The van der Waals surface area contributed by atoms with E-state index in [2.05, 4.69) is 5.32 Å². The maximum absolute atomic E-state index is 14.0. The molecule has 2 aromatic rings. The zero-order valence-corrected chi connectivity index (χ0v) is 17.7. The highest BCUT2D eigenvalue weighted by atomic mass is 32.2. The first-order chi connectivity index (χ1) is 14.4. The number of sulfonamides is 1. The van der Waals surface area contributed by atoms with Gasteiger partial charge < -0.3 is 10.2 Å². The topological polar surface area (TPSA) is 73.0 Å². The van der Waals surface area contributed by atoms with E-state index in [-0.39, 0.29) is 16.7 Å². The minimum Gasteiger partial charge on any atom is -0.367 e. The van der Waals surface area contributed by atoms with E-state index >= 15 is 0 Å². The van der Waals surface area contributed by atoms with E-state index in [0.717, 1.165) is 11.3 Å². The van der Waals surface area contributed by atoms with Crippen molar-refractivity contribution in [3.05, 3.63) is 53.8 Å². The lowest BCUT2D eigenvalue weighted by Crippen LogP contribution is -2.48. The molecule has 9 heteroatoms. The zero-order chi connectivity index (χ0) is 21.3. The van der Waals surface area contributed by atoms with Gasteiger partial charge in [0.15, 0.2) is 0 Å². The minimum atomic E-state index is -3.65. The third-order valence-corrected chi connectivity index (χ3v) is 7.48. The predicted octanol–water partition coefficient (Wildman–Crippen LogP) is 2.43. The summed E-state index contributed by atoms with van der Waals surface area (Å²) in [5.41, 5.74) is 2.11. The summed E-state index contributed by atoms with van der Waals surface area (Å²) in [5, 5.41) is 2.78. The summed E-state index contributed by atoms with van der Waals surface area (Å²) < 4.78 is 41.8. The SMILES string of the molecule is CCNC(=O)N1CCc2cc(S(=O)(=O)N3CCN(c4ccccc4F)CC3)ccc21. The molecule has 1 fully saturated rings. The average molecular weight is 433 g/mol. The number of para-hydroxylation sites is 1. The predicted molar refractivity (Wildman–Crippen MR) is 114 cm³/mol. The molecule has 0 bridgehead atoms. The molecule has 0 spiro atoms. The van der Waals surface area contributed by atoms with Crippen LogP contribution in [0.5, 0.6) is 0 Å².